The summed E-state index contributed by atoms with van der Waals surface area (Å²) in [5.41, 5.74) is -0.458. The summed E-state index contributed by atoms with van der Waals surface area (Å²) in [6, 6.07) is 4.27. The standard InChI is InChI=1S/C17H21FN4O3S/c1-3-12-6-7-14(18)13(10-12)17(2)11-26(25)19-8-4-5-9-22(26)15(21-17)20-16(23)24/h1,6-7,10,19,25H,4-5,8-9,11H2,2H3,(H,20,21)(H,23,24)/t17-/m0/s1. The van der Waals surface area contributed by atoms with Crippen molar-refractivity contribution in [1.82, 2.24) is 14.3 Å². The summed E-state index contributed by atoms with van der Waals surface area (Å²) in [6.45, 7) is 2.72. The first-order chi connectivity index (χ1) is 12.3. The first-order valence-electron chi connectivity index (χ1n) is 8.20. The Morgan fingerprint density at radius 3 is 3.00 bits per heavy atom. The highest BCUT2D eigenvalue weighted by Crippen LogP contribution is 2.53. The normalized spacial score (nSPS) is 30.8. The van der Waals surface area contributed by atoms with Gasteiger partial charge in [-0.15, -0.1) is 6.42 Å². The lowest BCUT2D eigenvalue weighted by Crippen LogP contribution is -2.55. The van der Waals surface area contributed by atoms with E-state index in [-0.39, 0.29) is 17.3 Å². The molecule has 0 bridgehead atoms. The van der Waals surface area contributed by atoms with E-state index in [2.05, 4.69) is 21.0 Å². The Balaban J connectivity index is 2.14. The molecule has 7 nitrogen and oxygen atoms in total. The number of benzene rings is 1. The zero-order valence-corrected chi connectivity index (χ0v) is 15.1. The van der Waals surface area contributed by atoms with Gasteiger partial charge in [0.2, 0.25) is 5.96 Å². The SMILES string of the molecule is C#Cc1ccc(F)c([C@]2(C)CS3(O)NCCCCN3C(NC(=O)O)=N2)c1. The summed E-state index contributed by atoms with van der Waals surface area (Å²) in [5, 5.41) is 11.4. The first-order valence-corrected chi connectivity index (χ1v) is 9.91. The second-order valence-corrected chi connectivity index (χ2v) is 8.84. The molecular weight excluding hydrogens is 359 g/mol. The molecule has 1 fully saturated rings. The predicted molar refractivity (Wildman–Crippen MR) is 99.3 cm³/mol. The van der Waals surface area contributed by atoms with Gasteiger partial charge in [-0.1, -0.05) is 5.92 Å². The summed E-state index contributed by atoms with van der Waals surface area (Å²) in [7, 11) is -2.60. The molecule has 0 spiro atoms. The summed E-state index contributed by atoms with van der Waals surface area (Å²) >= 11 is 0. The molecule has 9 heteroatoms. The van der Waals surface area contributed by atoms with Crippen LogP contribution in [-0.4, -0.2) is 44.9 Å². The molecule has 1 aromatic carbocycles. The quantitative estimate of drug-likeness (QED) is 0.561. The zero-order valence-electron chi connectivity index (χ0n) is 14.3. The van der Waals surface area contributed by atoms with Crippen LogP contribution in [0.4, 0.5) is 9.18 Å². The molecule has 0 radical (unpaired) electrons. The van der Waals surface area contributed by atoms with Gasteiger partial charge in [-0.05, 0) is 38.0 Å². The van der Waals surface area contributed by atoms with Gasteiger partial charge in [0, 0.05) is 34.9 Å². The molecule has 0 saturated carbocycles. The van der Waals surface area contributed by atoms with E-state index < -0.39 is 28.1 Å². The molecule has 26 heavy (non-hydrogen) atoms. The van der Waals surface area contributed by atoms with Crippen molar-refractivity contribution in [1.29, 1.82) is 0 Å². The van der Waals surface area contributed by atoms with Crippen LogP contribution < -0.4 is 10.0 Å². The fourth-order valence-electron chi connectivity index (χ4n) is 3.29. The number of amides is 1. The van der Waals surface area contributed by atoms with Crippen LogP contribution >= 0.6 is 10.7 Å². The van der Waals surface area contributed by atoms with Crippen LogP contribution in [-0.2, 0) is 5.54 Å². The van der Waals surface area contributed by atoms with Gasteiger partial charge in [-0.2, -0.15) is 0 Å². The Morgan fingerprint density at radius 2 is 2.31 bits per heavy atom. The molecule has 1 aromatic rings. The van der Waals surface area contributed by atoms with E-state index in [1.54, 1.807) is 11.2 Å². The number of terminal acetylenes is 1. The van der Waals surface area contributed by atoms with Gasteiger partial charge >= 0.3 is 6.09 Å². The predicted octanol–water partition coefficient (Wildman–Crippen LogP) is 2.45. The van der Waals surface area contributed by atoms with Crippen LogP contribution in [0.5, 0.6) is 0 Å². The second-order valence-electron chi connectivity index (χ2n) is 6.49. The lowest BCUT2D eigenvalue weighted by molar-refractivity contribution is 0.199. The van der Waals surface area contributed by atoms with Crippen LogP contribution in [0.25, 0.3) is 0 Å². The number of fused-ring (bicyclic) bond motifs is 1. The molecule has 2 aliphatic heterocycles. The van der Waals surface area contributed by atoms with E-state index in [4.69, 9.17) is 6.42 Å². The topological polar surface area (TPSA) is 97.2 Å². The van der Waals surface area contributed by atoms with E-state index in [9.17, 15) is 18.8 Å². The maximum Gasteiger partial charge on any atom is 0.411 e. The van der Waals surface area contributed by atoms with Gasteiger partial charge in [0.1, 0.15) is 11.4 Å². The number of hydrogen-bond acceptors (Lipinski definition) is 5. The average Bonchev–Trinajstić information content (AvgIpc) is 2.75. The van der Waals surface area contributed by atoms with Gasteiger partial charge in [-0.3, -0.25) is 9.62 Å². The fourth-order valence-corrected chi connectivity index (χ4v) is 5.98. The van der Waals surface area contributed by atoms with E-state index in [0.717, 1.165) is 12.8 Å². The lowest BCUT2D eigenvalue weighted by atomic mass is 9.92. The molecular formula is C17H21FN4O3S. The number of hydrogen-bond donors (Lipinski definition) is 4. The molecule has 0 aromatic heterocycles. The highest BCUT2D eigenvalue weighted by Gasteiger charge is 2.47. The minimum Gasteiger partial charge on any atom is -0.465 e. The highest BCUT2D eigenvalue weighted by molar-refractivity contribution is 8.26. The van der Waals surface area contributed by atoms with E-state index in [0.29, 0.717) is 18.7 Å². The smallest absolute Gasteiger partial charge is 0.411 e. The Morgan fingerprint density at radius 1 is 1.54 bits per heavy atom. The van der Waals surface area contributed by atoms with Crippen molar-refractivity contribution in [2.24, 2.45) is 4.99 Å². The van der Waals surface area contributed by atoms with Crippen LogP contribution in [0.2, 0.25) is 0 Å². The Bertz CT molecular complexity index is 812. The number of nitrogens with one attached hydrogen (secondary N) is 2. The third kappa shape index (κ3) is 3.35. The molecule has 1 saturated heterocycles. The fraction of sp³-hybridized carbons (Fsp3) is 0.412. The average molecular weight is 380 g/mol. The molecule has 1 amide bonds. The Kier molecular flexibility index (Phi) is 4.84. The summed E-state index contributed by atoms with van der Waals surface area (Å²) in [4.78, 5) is 15.7. The van der Waals surface area contributed by atoms with Crippen LogP contribution in [0.3, 0.4) is 0 Å². The van der Waals surface area contributed by atoms with Gasteiger partial charge < -0.3 is 9.66 Å². The number of carbonyl (C=O) groups is 1. The van der Waals surface area contributed by atoms with Gasteiger partial charge in [-0.25, -0.2) is 18.9 Å². The Hall–Kier alpha value is -2.28. The Labute approximate surface area is 153 Å². The van der Waals surface area contributed by atoms with Crippen molar-refractivity contribution in [2.45, 2.75) is 25.3 Å². The molecule has 2 heterocycles. The number of carboxylic acid groups (broad SMARTS) is 1. The van der Waals surface area contributed by atoms with Crippen LogP contribution in [0.15, 0.2) is 23.2 Å². The van der Waals surface area contributed by atoms with Crippen molar-refractivity contribution in [3.05, 3.63) is 35.1 Å². The monoisotopic (exact) mass is 380 g/mol. The molecule has 0 aliphatic carbocycles. The van der Waals surface area contributed by atoms with Gasteiger partial charge in [0.25, 0.3) is 0 Å². The number of nitrogens with zero attached hydrogens (tertiary/aromatic N) is 2. The van der Waals surface area contributed by atoms with Crippen molar-refractivity contribution in [3.63, 3.8) is 0 Å². The van der Waals surface area contributed by atoms with Crippen molar-refractivity contribution in [2.75, 3.05) is 18.8 Å². The summed E-state index contributed by atoms with van der Waals surface area (Å²) in [6.07, 6.45) is 5.75. The van der Waals surface area contributed by atoms with Crippen LogP contribution in [0.1, 0.15) is 30.9 Å². The minimum atomic E-state index is -2.60. The molecule has 2 atom stereocenters. The maximum atomic E-state index is 14.6. The van der Waals surface area contributed by atoms with Crippen molar-refractivity contribution < 1.29 is 18.8 Å². The molecule has 140 valence electrons. The van der Waals surface area contributed by atoms with Crippen molar-refractivity contribution in [3.8, 4) is 12.3 Å². The van der Waals surface area contributed by atoms with Crippen molar-refractivity contribution >= 4 is 22.7 Å². The highest BCUT2D eigenvalue weighted by atomic mass is 32.3. The summed E-state index contributed by atoms with van der Waals surface area (Å²) < 4.78 is 30.6. The largest absolute Gasteiger partial charge is 0.465 e. The number of guanidine groups is 1. The van der Waals surface area contributed by atoms with Crippen LogP contribution in [0, 0.1) is 18.2 Å². The third-order valence-electron chi connectivity index (χ3n) is 4.49. The second kappa shape index (κ2) is 6.79. The first kappa shape index (κ1) is 18.5. The maximum absolute atomic E-state index is 14.6. The lowest BCUT2D eigenvalue weighted by Gasteiger charge is -2.51. The number of halogens is 1. The molecule has 3 rings (SSSR count). The summed E-state index contributed by atoms with van der Waals surface area (Å²) in [5.74, 6) is 2.10. The van der Waals surface area contributed by atoms with E-state index >= 15 is 0 Å². The van der Waals surface area contributed by atoms with Gasteiger partial charge in [0.15, 0.2) is 0 Å². The van der Waals surface area contributed by atoms with E-state index in [1.807, 2.05) is 0 Å². The number of aliphatic imine (C=N–C) groups is 1. The molecule has 1 unspecified atom stereocenters. The van der Waals surface area contributed by atoms with Gasteiger partial charge in [0.05, 0.1) is 5.75 Å². The number of rotatable bonds is 1. The van der Waals surface area contributed by atoms with E-state index in [1.165, 1.54) is 18.2 Å². The zero-order chi connectivity index (χ0) is 18.9. The molecule has 2 aliphatic rings. The third-order valence-corrected chi connectivity index (χ3v) is 7.20. The minimum absolute atomic E-state index is 0.0173. The molecule has 4 N–H and O–H groups in total.